The van der Waals surface area contributed by atoms with Gasteiger partial charge in [-0.3, -0.25) is 4.90 Å². The Bertz CT molecular complexity index is 823. The van der Waals surface area contributed by atoms with Crippen molar-refractivity contribution in [2.24, 2.45) is 0 Å². The first-order valence-electron chi connectivity index (χ1n) is 7.84. The topological polar surface area (TPSA) is 77.3 Å². The van der Waals surface area contributed by atoms with Gasteiger partial charge in [0.2, 0.25) is 0 Å². The van der Waals surface area contributed by atoms with Crippen molar-refractivity contribution in [3.05, 3.63) is 36.2 Å². The molecule has 2 aromatic rings. The van der Waals surface area contributed by atoms with Crippen molar-refractivity contribution in [2.75, 3.05) is 32.6 Å². The summed E-state index contributed by atoms with van der Waals surface area (Å²) in [5, 5.41) is 8.50. The molecular formula is C16H22N4O3S. The number of benzene rings is 1. The van der Waals surface area contributed by atoms with Gasteiger partial charge in [-0.05, 0) is 32.0 Å². The highest BCUT2D eigenvalue weighted by Crippen LogP contribution is 2.27. The molecule has 1 aromatic heterocycles. The maximum absolute atomic E-state index is 11.7. The average Bonchev–Trinajstić information content (AvgIpc) is 3.06. The Labute approximate surface area is 142 Å². The lowest BCUT2D eigenvalue weighted by atomic mass is 9.98. The second-order valence-corrected chi connectivity index (χ2v) is 8.49. The first kappa shape index (κ1) is 17.1. The average molecular weight is 350 g/mol. The Morgan fingerprint density at radius 1 is 1.21 bits per heavy atom. The molecule has 130 valence electrons. The third kappa shape index (κ3) is 3.35. The molecule has 1 aromatic carbocycles. The number of ether oxygens (including phenoxy) is 1. The van der Waals surface area contributed by atoms with E-state index < -0.39 is 9.84 Å². The molecule has 2 heterocycles. The fraction of sp³-hybridized carbons (Fsp3) is 0.500. The molecule has 1 fully saturated rings. The number of sulfone groups is 1. The van der Waals surface area contributed by atoms with Crippen molar-refractivity contribution in [1.82, 2.24) is 19.9 Å². The SMILES string of the molecule is CC(C)(c1cn(-c2cccc(S(C)(=O)=O)c2)nn1)N1CCOCC1. The predicted octanol–water partition coefficient (Wildman–Crippen LogP) is 1.24. The van der Waals surface area contributed by atoms with E-state index in [-0.39, 0.29) is 10.4 Å². The molecule has 0 spiro atoms. The molecule has 0 N–H and O–H groups in total. The van der Waals surface area contributed by atoms with E-state index in [1.54, 1.807) is 22.9 Å². The molecule has 0 radical (unpaired) electrons. The Morgan fingerprint density at radius 3 is 2.58 bits per heavy atom. The fourth-order valence-corrected chi connectivity index (χ4v) is 3.47. The van der Waals surface area contributed by atoms with Crippen molar-refractivity contribution < 1.29 is 13.2 Å². The molecule has 24 heavy (non-hydrogen) atoms. The van der Waals surface area contributed by atoms with Crippen molar-refractivity contribution in [2.45, 2.75) is 24.3 Å². The quantitative estimate of drug-likeness (QED) is 0.826. The number of hydrogen-bond acceptors (Lipinski definition) is 6. The summed E-state index contributed by atoms with van der Waals surface area (Å²) in [5.41, 5.74) is 1.25. The van der Waals surface area contributed by atoms with Crippen LogP contribution in [-0.2, 0) is 20.1 Å². The summed E-state index contributed by atoms with van der Waals surface area (Å²) < 4.78 is 30.5. The van der Waals surface area contributed by atoms with Crippen LogP contribution in [0.25, 0.3) is 5.69 Å². The number of hydrogen-bond donors (Lipinski definition) is 0. The van der Waals surface area contributed by atoms with Gasteiger partial charge in [0, 0.05) is 19.3 Å². The third-order valence-electron chi connectivity index (χ3n) is 4.43. The highest BCUT2D eigenvalue weighted by atomic mass is 32.2. The van der Waals surface area contributed by atoms with E-state index in [0.717, 1.165) is 18.8 Å². The molecular weight excluding hydrogens is 328 g/mol. The molecule has 1 saturated heterocycles. The highest BCUT2D eigenvalue weighted by molar-refractivity contribution is 7.90. The third-order valence-corrected chi connectivity index (χ3v) is 5.54. The van der Waals surface area contributed by atoms with E-state index in [1.165, 1.54) is 6.26 Å². The van der Waals surface area contributed by atoms with Crippen LogP contribution in [-0.4, -0.2) is 60.9 Å². The van der Waals surface area contributed by atoms with Gasteiger partial charge in [0.15, 0.2) is 9.84 Å². The molecule has 0 amide bonds. The smallest absolute Gasteiger partial charge is 0.175 e. The van der Waals surface area contributed by atoms with E-state index in [2.05, 4.69) is 29.1 Å². The van der Waals surface area contributed by atoms with Crippen LogP contribution in [0.3, 0.4) is 0 Å². The largest absolute Gasteiger partial charge is 0.379 e. The van der Waals surface area contributed by atoms with Crippen molar-refractivity contribution in [3.63, 3.8) is 0 Å². The molecule has 1 aliphatic heterocycles. The summed E-state index contributed by atoms with van der Waals surface area (Å²) in [4.78, 5) is 2.59. The van der Waals surface area contributed by atoms with Crippen LogP contribution >= 0.6 is 0 Å². The van der Waals surface area contributed by atoms with Crippen LogP contribution in [0.2, 0.25) is 0 Å². The lowest BCUT2D eigenvalue weighted by Gasteiger charge is -2.39. The van der Waals surface area contributed by atoms with Crippen LogP contribution in [0.5, 0.6) is 0 Å². The second kappa shape index (κ2) is 6.27. The van der Waals surface area contributed by atoms with Gasteiger partial charge in [-0.2, -0.15) is 0 Å². The van der Waals surface area contributed by atoms with E-state index >= 15 is 0 Å². The molecule has 7 nitrogen and oxygen atoms in total. The Balaban J connectivity index is 1.90. The molecule has 0 atom stereocenters. The van der Waals surface area contributed by atoms with Crippen LogP contribution < -0.4 is 0 Å². The lowest BCUT2D eigenvalue weighted by Crippen LogP contribution is -2.48. The molecule has 8 heteroatoms. The second-order valence-electron chi connectivity index (χ2n) is 6.48. The van der Waals surface area contributed by atoms with Crippen LogP contribution in [0.1, 0.15) is 19.5 Å². The molecule has 1 aliphatic rings. The predicted molar refractivity (Wildman–Crippen MR) is 89.9 cm³/mol. The van der Waals surface area contributed by atoms with Crippen molar-refractivity contribution in [1.29, 1.82) is 0 Å². The van der Waals surface area contributed by atoms with Crippen LogP contribution in [0, 0.1) is 0 Å². The van der Waals surface area contributed by atoms with Gasteiger partial charge in [0.05, 0.1) is 35.5 Å². The zero-order valence-electron chi connectivity index (χ0n) is 14.1. The molecule has 0 saturated carbocycles. The summed E-state index contributed by atoms with van der Waals surface area (Å²) in [7, 11) is -3.26. The first-order chi connectivity index (χ1) is 11.3. The number of aromatic nitrogens is 3. The minimum Gasteiger partial charge on any atom is -0.379 e. The van der Waals surface area contributed by atoms with Gasteiger partial charge < -0.3 is 4.74 Å². The van der Waals surface area contributed by atoms with Crippen LogP contribution in [0.15, 0.2) is 35.4 Å². The summed E-state index contributed by atoms with van der Waals surface area (Å²) in [6.07, 6.45) is 3.05. The standard InChI is InChI=1S/C16H22N4O3S/c1-16(2,19-7-9-23-10-8-19)15-12-20(18-17-15)13-5-4-6-14(11-13)24(3,21)22/h4-6,11-12H,7-10H2,1-3H3. The molecule has 0 aliphatic carbocycles. The Hall–Kier alpha value is -1.77. The molecule has 0 unspecified atom stereocenters. The minimum atomic E-state index is -3.26. The molecule has 3 rings (SSSR count). The van der Waals surface area contributed by atoms with Gasteiger partial charge in [0.25, 0.3) is 0 Å². The van der Waals surface area contributed by atoms with Gasteiger partial charge in [-0.1, -0.05) is 11.3 Å². The maximum atomic E-state index is 11.7. The lowest BCUT2D eigenvalue weighted by molar-refractivity contribution is -0.0132. The Kier molecular flexibility index (Phi) is 4.46. The monoisotopic (exact) mass is 350 g/mol. The summed E-state index contributed by atoms with van der Waals surface area (Å²) in [6, 6.07) is 6.71. The van der Waals surface area contributed by atoms with E-state index in [9.17, 15) is 8.42 Å². The van der Waals surface area contributed by atoms with E-state index in [1.807, 2.05) is 12.3 Å². The maximum Gasteiger partial charge on any atom is 0.175 e. The fourth-order valence-electron chi connectivity index (χ4n) is 2.81. The minimum absolute atomic E-state index is 0.267. The Morgan fingerprint density at radius 2 is 1.92 bits per heavy atom. The summed E-state index contributed by atoms with van der Waals surface area (Å²) in [6.45, 7) is 7.36. The number of nitrogens with zero attached hydrogens (tertiary/aromatic N) is 4. The van der Waals surface area contributed by atoms with Gasteiger partial charge in [-0.25, -0.2) is 13.1 Å². The van der Waals surface area contributed by atoms with Gasteiger partial charge in [-0.15, -0.1) is 5.10 Å². The number of morpholine rings is 1. The zero-order chi connectivity index (χ0) is 17.4. The first-order valence-corrected chi connectivity index (χ1v) is 9.74. The summed E-state index contributed by atoms with van der Waals surface area (Å²) >= 11 is 0. The zero-order valence-corrected chi connectivity index (χ0v) is 15.0. The van der Waals surface area contributed by atoms with Gasteiger partial charge >= 0.3 is 0 Å². The van der Waals surface area contributed by atoms with Crippen molar-refractivity contribution in [3.8, 4) is 5.69 Å². The number of rotatable bonds is 4. The van der Waals surface area contributed by atoms with Gasteiger partial charge in [0.1, 0.15) is 5.69 Å². The van der Waals surface area contributed by atoms with Crippen LogP contribution in [0.4, 0.5) is 0 Å². The highest BCUT2D eigenvalue weighted by Gasteiger charge is 2.32. The summed E-state index contributed by atoms with van der Waals surface area (Å²) in [5.74, 6) is 0. The van der Waals surface area contributed by atoms with E-state index in [0.29, 0.717) is 18.9 Å². The normalized spacial score (nSPS) is 17.1. The molecule has 0 bridgehead atoms. The van der Waals surface area contributed by atoms with E-state index in [4.69, 9.17) is 4.74 Å². The van der Waals surface area contributed by atoms with Crippen molar-refractivity contribution >= 4 is 9.84 Å².